The highest BCUT2D eigenvalue weighted by Gasteiger charge is 2.20. The van der Waals surface area contributed by atoms with Gasteiger partial charge in [0.05, 0.1) is 15.0 Å². The second kappa shape index (κ2) is 6.31. The van der Waals surface area contributed by atoms with Crippen LogP contribution >= 0.6 is 31.9 Å². The van der Waals surface area contributed by atoms with E-state index in [2.05, 4.69) is 31.9 Å². The number of aldehydes is 1. The van der Waals surface area contributed by atoms with E-state index in [1.165, 1.54) is 12.1 Å². The number of nitro groups is 1. The molecule has 0 aliphatic rings. The van der Waals surface area contributed by atoms with Gasteiger partial charge in [0.2, 0.25) is 5.75 Å². The Hall–Kier alpha value is -1.80. The van der Waals surface area contributed by atoms with Gasteiger partial charge in [-0.05, 0) is 34.1 Å². The number of hydrogen-bond donors (Lipinski definition) is 0. The SMILES string of the molecule is O=Cc1cc(Br)ccc1Oc1cc(F)c(Br)cc1[N+](=O)[O-]. The van der Waals surface area contributed by atoms with Gasteiger partial charge in [-0.25, -0.2) is 4.39 Å². The van der Waals surface area contributed by atoms with Crippen LogP contribution in [0.1, 0.15) is 10.4 Å². The van der Waals surface area contributed by atoms with E-state index in [4.69, 9.17) is 4.74 Å². The van der Waals surface area contributed by atoms with Crippen LogP contribution in [0.3, 0.4) is 0 Å². The number of rotatable bonds is 4. The summed E-state index contributed by atoms with van der Waals surface area (Å²) in [7, 11) is 0. The summed E-state index contributed by atoms with van der Waals surface area (Å²) in [4.78, 5) is 21.3. The molecule has 0 N–H and O–H groups in total. The third kappa shape index (κ3) is 3.45. The minimum absolute atomic E-state index is 0.0482. The first kappa shape index (κ1) is 15.6. The molecule has 0 saturated heterocycles. The standard InChI is InChI=1S/C13H6Br2FNO4/c14-8-1-2-12(7(3-8)6-18)21-13-5-10(16)9(15)4-11(13)17(19)20/h1-6H. The predicted molar refractivity (Wildman–Crippen MR) is 80.4 cm³/mol. The van der Waals surface area contributed by atoms with Crippen LogP contribution in [0.5, 0.6) is 11.5 Å². The summed E-state index contributed by atoms with van der Waals surface area (Å²) in [6.07, 6.45) is 0.543. The molecule has 8 heteroatoms. The summed E-state index contributed by atoms with van der Waals surface area (Å²) in [6.45, 7) is 0. The van der Waals surface area contributed by atoms with Gasteiger partial charge in [-0.3, -0.25) is 14.9 Å². The molecule has 0 aromatic heterocycles. The van der Waals surface area contributed by atoms with Crippen molar-refractivity contribution >= 4 is 43.8 Å². The molecule has 0 aliphatic heterocycles. The first-order valence-electron chi connectivity index (χ1n) is 5.48. The molecule has 0 aliphatic carbocycles. The lowest BCUT2D eigenvalue weighted by Crippen LogP contribution is -1.97. The van der Waals surface area contributed by atoms with Gasteiger partial charge in [-0.15, -0.1) is 0 Å². The van der Waals surface area contributed by atoms with E-state index >= 15 is 0 Å². The van der Waals surface area contributed by atoms with Crippen molar-refractivity contribution in [1.82, 2.24) is 0 Å². The average Bonchev–Trinajstić information content (AvgIpc) is 2.44. The molecule has 0 fully saturated rings. The summed E-state index contributed by atoms with van der Waals surface area (Å²) < 4.78 is 19.5. The van der Waals surface area contributed by atoms with Gasteiger partial charge < -0.3 is 4.74 Å². The van der Waals surface area contributed by atoms with Gasteiger partial charge in [0.1, 0.15) is 11.6 Å². The third-order valence-electron chi connectivity index (χ3n) is 2.52. The molecule has 2 aromatic rings. The van der Waals surface area contributed by atoms with Crippen molar-refractivity contribution < 1.29 is 18.8 Å². The second-order valence-electron chi connectivity index (χ2n) is 3.89. The summed E-state index contributed by atoms with van der Waals surface area (Å²) in [5, 5.41) is 11.0. The van der Waals surface area contributed by atoms with Crippen LogP contribution in [0.25, 0.3) is 0 Å². The molecule has 0 heterocycles. The van der Waals surface area contributed by atoms with E-state index in [0.29, 0.717) is 10.8 Å². The Balaban J connectivity index is 2.51. The number of ether oxygens (including phenoxy) is 1. The van der Waals surface area contributed by atoms with Crippen LogP contribution in [0, 0.1) is 15.9 Å². The largest absolute Gasteiger partial charge is 0.449 e. The number of nitrogens with zero attached hydrogens (tertiary/aromatic N) is 1. The fraction of sp³-hybridized carbons (Fsp3) is 0. The minimum Gasteiger partial charge on any atom is -0.449 e. The highest BCUT2D eigenvalue weighted by molar-refractivity contribution is 9.10. The highest BCUT2D eigenvalue weighted by atomic mass is 79.9. The van der Waals surface area contributed by atoms with E-state index in [9.17, 15) is 19.3 Å². The van der Waals surface area contributed by atoms with Gasteiger partial charge in [-0.2, -0.15) is 0 Å². The Morgan fingerprint density at radius 1 is 1.19 bits per heavy atom. The van der Waals surface area contributed by atoms with E-state index in [1.54, 1.807) is 6.07 Å². The van der Waals surface area contributed by atoms with Crippen LogP contribution in [0.15, 0.2) is 39.3 Å². The maximum absolute atomic E-state index is 13.5. The Labute approximate surface area is 135 Å². The molecule has 0 saturated carbocycles. The molecular formula is C13H6Br2FNO4. The van der Waals surface area contributed by atoms with Crippen LogP contribution in [0.4, 0.5) is 10.1 Å². The fourth-order valence-electron chi connectivity index (χ4n) is 1.57. The molecule has 0 radical (unpaired) electrons. The van der Waals surface area contributed by atoms with Gasteiger partial charge in [-0.1, -0.05) is 15.9 Å². The predicted octanol–water partition coefficient (Wildman–Crippen LogP) is 4.86. The molecule has 108 valence electrons. The Morgan fingerprint density at radius 2 is 1.90 bits per heavy atom. The van der Waals surface area contributed by atoms with E-state index in [1.807, 2.05) is 0 Å². The molecular weight excluding hydrogens is 413 g/mol. The number of carbonyl (C=O) groups excluding carboxylic acids is 1. The number of carbonyl (C=O) groups is 1. The molecule has 2 rings (SSSR count). The van der Waals surface area contributed by atoms with Crippen LogP contribution < -0.4 is 4.74 Å². The zero-order chi connectivity index (χ0) is 15.6. The van der Waals surface area contributed by atoms with E-state index in [0.717, 1.165) is 12.1 Å². The van der Waals surface area contributed by atoms with E-state index in [-0.39, 0.29) is 21.5 Å². The van der Waals surface area contributed by atoms with Gasteiger partial charge in [0, 0.05) is 16.6 Å². The molecule has 2 aromatic carbocycles. The van der Waals surface area contributed by atoms with E-state index < -0.39 is 16.4 Å². The van der Waals surface area contributed by atoms with Gasteiger partial charge in [0.15, 0.2) is 6.29 Å². The average molecular weight is 419 g/mol. The van der Waals surface area contributed by atoms with Crippen LogP contribution in [0.2, 0.25) is 0 Å². The molecule has 0 amide bonds. The number of benzene rings is 2. The molecule has 5 nitrogen and oxygen atoms in total. The smallest absolute Gasteiger partial charge is 0.312 e. The summed E-state index contributed by atoms with van der Waals surface area (Å²) in [6, 6.07) is 6.44. The Bertz CT molecular complexity index is 736. The maximum Gasteiger partial charge on any atom is 0.312 e. The number of hydrogen-bond acceptors (Lipinski definition) is 4. The zero-order valence-corrected chi connectivity index (χ0v) is 13.4. The topological polar surface area (TPSA) is 69.4 Å². The summed E-state index contributed by atoms with van der Waals surface area (Å²) >= 11 is 6.07. The van der Waals surface area contributed by atoms with Crippen molar-refractivity contribution in [2.45, 2.75) is 0 Å². The lowest BCUT2D eigenvalue weighted by Gasteiger charge is -2.09. The normalized spacial score (nSPS) is 10.2. The van der Waals surface area contributed by atoms with Crippen molar-refractivity contribution in [2.24, 2.45) is 0 Å². The Kier molecular flexibility index (Phi) is 4.69. The minimum atomic E-state index is -0.708. The molecule has 21 heavy (non-hydrogen) atoms. The van der Waals surface area contributed by atoms with Crippen molar-refractivity contribution in [3.05, 3.63) is 60.8 Å². The number of halogens is 3. The summed E-state index contributed by atoms with van der Waals surface area (Å²) in [5.41, 5.74) is -0.231. The lowest BCUT2D eigenvalue weighted by atomic mass is 10.2. The zero-order valence-electron chi connectivity index (χ0n) is 10.2. The van der Waals surface area contributed by atoms with Gasteiger partial charge >= 0.3 is 5.69 Å². The molecule has 0 spiro atoms. The lowest BCUT2D eigenvalue weighted by molar-refractivity contribution is -0.385. The van der Waals surface area contributed by atoms with Crippen molar-refractivity contribution in [1.29, 1.82) is 0 Å². The molecule has 0 unspecified atom stereocenters. The Morgan fingerprint density at radius 3 is 2.52 bits per heavy atom. The monoisotopic (exact) mass is 417 g/mol. The number of nitro benzene ring substituents is 1. The van der Waals surface area contributed by atoms with Crippen LogP contribution in [-0.2, 0) is 0 Å². The quantitative estimate of drug-likeness (QED) is 0.403. The molecule has 0 bridgehead atoms. The van der Waals surface area contributed by atoms with Crippen molar-refractivity contribution in [3.8, 4) is 11.5 Å². The van der Waals surface area contributed by atoms with Crippen molar-refractivity contribution in [2.75, 3.05) is 0 Å². The fourth-order valence-corrected chi connectivity index (χ4v) is 2.28. The second-order valence-corrected chi connectivity index (χ2v) is 5.66. The third-order valence-corrected chi connectivity index (χ3v) is 3.62. The highest BCUT2D eigenvalue weighted by Crippen LogP contribution is 2.36. The van der Waals surface area contributed by atoms with Gasteiger partial charge in [0.25, 0.3) is 0 Å². The summed E-state index contributed by atoms with van der Waals surface area (Å²) in [5.74, 6) is -0.899. The maximum atomic E-state index is 13.5. The first-order valence-corrected chi connectivity index (χ1v) is 7.07. The molecule has 0 atom stereocenters. The van der Waals surface area contributed by atoms with Crippen molar-refractivity contribution in [3.63, 3.8) is 0 Å². The first-order chi connectivity index (χ1) is 9.92. The van der Waals surface area contributed by atoms with Crippen LogP contribution in [-0.4, -0.2) is 11.2 Å².